The average Bonchev–Trinajstić information content (AvgIpc) is 2.37. The van der Waals surface area contributed by atoms with E-state index in [1.54, 1.807) is 18.2 Å². The van der Waals surface area contributed by atoms with Gasteiger partial charge < -0.3 is 10.5 Å². The fourth-order valence-corrected chi connectivity index (χ4v) is 2.26. The van der Waals surface area contributed by atoms with Crippen LogP contribution in [-0.4, -0.2) is 6.61 Å². The molecule has 2 nitrogen and oxygen atoms in total. The molecule has 0 unspecified atom stereocenters. The van der Waals surface area contributed by atoms with Gasteiger partial charge in [0.25, 0.3) is 0 Å². The highest BCUT2D eigenvalue weighted by Gasteiger charge is 2.02. The van der Waals surface area contributed by atoms with Crippen molar-refractivity contribution in [3.8, 4) is 5.75 Å². The Labute approximate surface area is 123 Å². The lowest BCUT2D eigenvalue weighted by atomic mass is 10.1. The summed E-state index contributed by atoms with van der Waals surface area (Å²) in [4.78, 5) is 0. The lowest BCUT2D eigenvalue weighted by Crippen LogP contribution is -2.00. The Morgan fingerprint density at radius 2 is 1.89 bits per heavy atom. The van der Waals surface area contributed by atoms with Crippen LogP contribution >= 0.6 is 23.2 Å². The highest BCUT2D eigenvalue weighted by molar-refractivity contribution is 6.35. The number of hydrogen-bond donors (Lipinski definition) is 1. The Morgan fingerprint density at radius 1 is 1.05 bits per heavy atom. The van der Waals surface area contributed by atoms with Crippen molar-refractivity contribution in [2.45, 2.75) is 12.8 Å². The Hall–Kier alpha value is -1.38. The molecule has 0 bridgehead atoms. The first kappa shape index (κ1) is 14.0. The largest absolute Gasteiger partial charge is 0.492 e. The molecule has 0 aliphatic rings. The summed E-state index contributed by atoms with van der Waals surface area (Å²) >= 11 is 11.8. The summed E-state index contributed by atoms with van der Waals surface area (Å²) in [7, 11) is 0. The number of anilines is 1. The van der Waals surface area contributed by atoms with Gasteiger partial charge in [-0.3, -0.25) is 0 Å². The average molecular weight is 296 g/mol. The van der Waals surface area contributed by atoms with E-state index in [0.717, 1.165) is 18.5 Å². The molecule has 19 heavy (non-hydrogen) atoms. The van der Waals surface area contributed by atoms with E-state index in [1.165, 1.54) is 5.56 Å². The molecule has 0 atom stereocenters. The molecule has 0 aliphatic carbocycles. The van der Waals surface area contributed by atoms with E-state index in [9.17, 15) is 0 Å². The molecule has 2 aromatic carbocycles. The lowest BCUT2D eigenvalue weighted by molar-refractivity contribution is 0.311. The second-order valence-electron chi connectivity index (χ2n) is 4.27. The van der Waals surface area contributed by atoms with Gasteiger partial charge in [-0.2, -0.15) is 0 Å². The summed E-state index contributed by atoms with van der Waals surface area (Å²) in [6.07, 6.45) is 1.83. The van der Waals surface area contributed by atoms with Gasteiger partial charge in [-0.1, -0.05) is 35.3 Å². The quantitative estimate of drug-likeness (QED) is 0.647. The summed E-state index contributed by atoms with van der Waals surface area (Å²) in [6, 6.07) is 13.1. The van der Waals surface area contributed by atoms with Crippen molar-refractivity contribution in [1.29, 1.82) is 0 Å². The zero-order valence-electron chi connectivity index (χ0n) is 10.4. The van der Waals surface area contributed by atoms with Gasteiger partial charge in [0.2, 0.25) is 0 Å². The molecule has 0 aromatic heterocycles. The predicted octanol–water partition coefficient (Wildman–Crippen LogP) is 4.59. The molecule has 2 N–H and O–H groups in total. The summed E-state index contributed by atoms with van der Waals surface area (Å²) in [5, 5.41) is 1.15. The van der Waals surface area contributed by atoms with E-state index >= 15 is 0 Å². The summed E-state index contributed by atoms with van der Waals surface area (Å²) in [5.74, 6) is 0.665. The van der Waals surface area contributed by atoms with Crippen molar-refractivity contribution in [2.75, 3.05) is 12.3 Å². The SMILES string of the molecule is Nc1cccc(CCCOc2ccc(Cl)cc2Cl)c1. The second-order valence-corrected chi connectivity index (χ2v) is 5.12. The van der Waals surface area contributed by atoms with Gasteiger partial charge in [-0.05, 0) is 48.7 Å². The Morgan fingerprint density at radius 3 is 2.63 bits per heavy atom. The molecule has 0 spiro atoms. The normalized spacial score (nSPS) is 10.4. The van der Waals surface area contributed by atoms with E-state index in [4.69, 9.17) is 33.7 Å². The Kier molecular flexibility index (Phi) is 4.94. The van der Waals surface area contributed by atoms with Crippen LogP contribution in [0.15, 0.2) is 42.5 Å². The fraction of sp³-hybridized carbons (Fsp3) is 0.200. The summed E-state index contributed by atoms with van der Waals surface area (Å²) in [5.41, 5.74) is 7.73. The van der Waals surface area contributed by atoms with Crippen molar-refractivity contribution in [3.05, 3.63) is 58.1 Å². The minimum absolute atomic E-state index is 0.538. The van der Waals surface area contributed by atoms with Crippen molar-refractivity contribution in [3.63, 3.8) is 0 Å². The van der Waals surface area contributed by atoms with E-state index < -0.39 is 0 Å². The molecule has 4 heteroatoms. The van der Waals surface area contributed by atoms with E-state index in [0.29, 0.717) is 22.4 Å². The van der Waals surface area contributed by atoms with Crippen LogP contribution in [0.2, 0.25) is 10.0 Å². The molecule has 2 rings (SSSR count). The first-order valence-electron chi connectivity index (χ1n) is 6.07. The van der Waals surface area contributed by atoms with Crippen molar-refractivity contribution >= 4 is 28.9 Å². The predicted molar refractivity (Wildman–Crippen MR) is 81.1 cm³/mol. The number of hydrogen-bond acceptors (Lipinski definition) is 2. The van der Waals surface area contributed by atoms with Crippen LogP contribution in [-0.2, 0) is 6.42 Å². The van der Waals surface area contributed by atoms with Gasteiger partial charge in [0, 0.05) is 10.7 Å². The van der Waals surface area contributed by atoms with Crippen LogP contribution < -0.4 is 10.5 Å². The van der Waals surface area contributed by atoms with Gasteiger partial charge in [0.05, 0.1) is 11.6 Å². The van der Waals surface area contributed by atoms with Crippen LogP contribution in [0.1, 0.15) is 12.0 Å². The maximum atomic E-state index is 6.02. The third-order valence-corrected chi connectivity index (χ3v) is 3.24. The molecule has 2 aromatic rings. The maximum Gasteiger partial charge on any atom is 0.137 e. The zero-order valence-corrected chi connectivity index (χ0v) is 11.9. The zero-order chi connectivity index (χ0) is 13.7. The number of aryl methyl sites for hydroxylation is 1. The van der Waals surface area contributed by atoms with Crippen LogP contribution in [0.3, 0.4) is 0 Å². The highest BCUT2D eigenvalue weighted by atomic mass is 35.5. The minimum Gasteiger partial charge on any atom is -0.492 e. The first-order valence-corrected chi connectivity index (χ1v) is 6.83. The molecule has 0 aliphatic heterocycles. The van der Waals surface area contributed by atoms with Gasteiger partial charge >= 0.3 is 0 Å². The monoisotopic (exact) mass is 295 g/mol. The first-order chi connectivity index (χ1) is 9.15. The Bertz CT molecular complexity index is 558. The third-order valence-electron chi connectivity index (χ3n) is 2.71. The molecule has 100 valence electrons. The standard InChI is InChI=1S/C15H15Cl2NO/c16-12-6-7-15(14(17)10-12)19-8-2-4-11-3-1-5-13(18)9-11/h1,3,5-7,9-10H,2,4,8,18H2. The van der Waals surface area contributed by atoms with Crippen molar-refractivity contribution in [2.24, 2.45) is 0 Å². The molecular formula is C15H15Cl2NO. The molecule has 0 saturated carbocycles. The Balaban J connectivity index is 1.81. The topological polar surface area (TPSA) is 35.2 Å². The van der Waals surface area contributed by atoms with Crippen LogP contribution in [0.25, 0.3) is 0 Å². The smallest absolute Gasteiger partial charge is 0.137 e. The van der Waals surface area contributed by atoms with Crippen LogP contribution in [0, 0.1) is 0 Å². The summed E-state index contributed by atoms with van der Waals surface area (Å²) < 4.78 is 5.62. The molecule has 0 fully saturated rings. The van der Waals surface area contributed by atoms with Crippen LogP contribution in [0.5, 0.6) is 5.75 Å². The maximum absolute atomic E-state index is 6.02. The van der Waals surface area contributed by atoms with Gasteiger partial charge in [0.15, 0.2) is 0 Å². The molecule has 0 saturated heterocycles. The number of benzene rings is 2. The highest BCUT2D eigenvalue weighted by Crippen LogP contribution is 2.27. The van der Waals surface area contributed by atoms with Crippen molar-refractivity contribution in [1.82, 2.24) is 0 Å². The number of ether oxygens (including phenoxy) is 1. The molecule has 0 amide bonds. The number of rotatable bonds is 5. The number of nitrogens with two attached hydrogens (primary N) is 1. The number of nitrogen functional groups attached to an aromatic ring is 1. The second kappa shape index (κ2) is 6.69. The molecular weight excluding hydrogens is 281 g/mol. The van der Waals surface area contributed by atoms with Gasteiger partial charge in [-0.15, -0.1) is 0 Å². The van der Waals surface area contributed by atoms with E-state index in [2.05, 4.69) is 6.07 Å². The van der Waals surface area contributed by atoms with Gasteiger partial charge in [0.1, 0.15) is 5.75 Å². The van der Waals surface area contributed by atoms with Crippen molar-refractivity contribution < 1.29 is 4.74 Å². The molecule has 0 radical (unpaired) electrons. The van der Waals surface area contributed by atoms with E-state index in [-0.39, 0.29) is 0 Å². The third kappa shape index (κ3) is 4.34. The lowest BCUT2D eigenvalue weighted by Gasteiger charge is -2.08. The summed E-state index contributed by atoms with van der Waals surface area (Å²) in [6.45, 7) is 0.607. The number of halogens is 2. The van der Waals surface area contributed by atoms with Crippen LogP contribution in [0.4, 0.5) is 5.69 Å². The molecule has 0 heterocycles. The fourth-order valence-electron chi connectivity index (χ4n) is 1.80. The van der Waals surface area contributed by atoms with Gasteiger partial charge in [-0.25, -0.2) is 0 Å². The minimum atomic E-state index is 0.538. The van der Waals surface area contributed by atoms with E-state index in [1.807, 2.05) is 18.2 Å².